The molecule has 3 aromatic rings. The molecule has 96 valence electrons. The van der Waals surface area contributed by atoms with Crippen LogP contribution in [0.5, 0.6) is 0 Å². The van der Waals surface area contributed by atoms with Crippen LogP contribution in [0.15, 0.2) is 53.8 Å². The van der Waals surface area contributed by atoms with Gasteiger partial charge in [0.2, 0.25) is 0 Å². The largest absolute Gasteiger partial charge is 0.346 e. The number of aromatic amines is 1. The van der Waals surface area contributed by atoms with E-state index in [-0.39, 0.29) is 10.7 Å². The van der Waals surface area contributed by atoms with Gasteiger partial charge < -0.3 is 4.98 Å². The first-order chi connectivity index (χ1) is 9.17. The molecule has 0 radical (unpaired) electrons. The van der Waals surface area contributed by atoms with Crippen molar-refractivity contribution in [3.8, 4) is 0 Å². The topological polar surface area (TPSA) is 87.7 Å². The Bertz CT molecular complexity index is 812. The van der Waals surface area contributed by atoms with Gasteiger partial charge in [-0.2, -0.15) is 0 Å². The second-order valence-electron chi connectivity index (χ2n) is 3.88. The van der Waals surface area contributed by atoms with E-state index in [2.05, 4.69) is 19.7 Å². The number of aromatic nitrogens is 3. The van der Waals surface area contributed by atoms with Gasteiger partial charge in [0.1, 0.15) is 12.0 Å². The zero-order valence-electron chi connectivity index (χ0n) is 9.74. The molecule has 3 rings (SSSR count). The van der Waals surface area contributed by atoms with Crippen LogP contribution in [0.2, 0.25) is 0 Å². The molecular weight excluding hydrogens is 264 g/mol. The third-order valence-electron chi connectivity index (χ3n) is 2.64. The molecular formula is C12H10N4O2S. The number of hydrogen-bond donors (Lipinski definition) is 2. The van der Waals surface area contributed by atoms with Gasteiger partial charge in [0.05, 0.1) is 10.3 Å². The lowest BCUT2D eigenvalue weighted by Crippen LogP contribution is -2.14. The Labute approximate surface area is 109 Å². The van der Waals surface area contributed by atoms with Gasteiger partial charge in [0.15, 0.2) is 5.82 Å². The normalized spacial score (nSPS) is 11.6. The van der Waals surface area contributed by atoms with E-state index in [4.69, 9.17) is 0 Å². The summed E-state index contributed by atoms with van der Waals surface area (Å²) in [5, 5.41) is 0.627. The van der Waals surface area contributed by atoms with E-state index in [0.717, 1.165) is 0 Å². The number of benzene rings is 1. The third kappa shape index (κ3) is 2.15. The molecule has 0 atom stereocenters. The van der Waals surface area contributed by atoms with Crippen LogP contribution in [-0.2, 0) is 10.0 Å². The summed E-state index contributed by atoms with van der Waals surface area (Å²) in [4.78, 5) is 11.1. The molecule has 0 aliphatic heterocycles. The predicted octanol–water partition coefficient (Wildman–Crippen LogP) is 1.76. The summed E-state index contributed by atoms with van der Waals surface area (Å²) in [5.74, 6) is 0.259. The van der Waals surface area contributed by atoms with Crippen molar-refractivity contribution in [2.75, 3.05) is 4.72 Å². The minimum Gasteiger partial charge on any atom is -0.346 e. The fourth-order valence-corrected chi connectivity index (χ4v) is 2.79. The minimum absolute atomic E-state index is 0.192. The molecule has 0 saturated carbocycles. The van der Waals surface area contributed by atoms with Crippen molar-refractivity contribution in [3.05, 3.63) is 48.9 Å². The highest BCUT2D eigenvalue weighted by Gasteiger charge is 2.16. The van der Waals surface area contributed by atoms with Gasteiger partial charge in [-0.25, -0.2) is 18.4 Å². The molecule has 0 bridgehead atoms. The van der Waals surface area contributed by atoms with Crippen LogP contribution in [0.3, 0.4) is 0 Å². The zero-order chi connectivity index (χ0) is 13.3. The second kappa shape index (κ2) is 4.36. The monoisotopic (exact) mass is 274 g/mol. The maximum absolute atomic E-state index is 12.2. The Morgan fingerprint density at radius 2 is 1.84 bits per heavy atom. The highest BCUT2D eigenvalue weighted by atomic mass is 32.2. The van der Waals surface area contributed by atoms with E-state index in [1.807, 2.05) is 0 Å². The second-order valence-corrected chi connectivity index (χ2v) is 5.56. The Hall–Kier alpha value is -2.41. The number of H-pyrrole nitrogens is 1. The minimum atomic E-state index is -3.64. The summed E-state index contributed by atoms with van der Waals surface area (Å²) in [6.07, 6.45) is 2.99. The Kier molecular flexibility index (Phi) is 2.68. The van der Waals surface area contributed by atoms with Crippen LogP contribution in [0.4, 0.5) is 5.82 Å². The van der Waals surface area contributed by atoms with E-state index < -0.39 is 10.0 Å². The lowest BCUT2D eigenvalue weighted by molar-refractivity contribution is 0.601. The number of nitrogens with zero attached hydrogens (tertiary/aromatic N) is 2. The fraction of sp³-hybridized carbons (Fsp3) is 0. The lowest BCUT2D eigenvalue weighted by atomic mass is 10.4. The Morgan fingerprint density at radius 1 is 1.05 bits per heavy atom. The maximum Gasteiger partial charge on any atom is 0.263 e. The zero-order valence-corrected chi connectivity index (χ0v) is 10.6. The van der Waals surface area contributed by atoms with Crippen molar-refractivity contribution < 1.29 is 8.42 Å². The number of hydrogen-bond acceptors (Lipinski definition) is 4. The molecule has 1 aromatic carbocycles. The van der Waals surface area contributed by atoms with E-state index >= 15 is 0 Å². The molecule has 2 N–H and O–H groups in total. The summed E-state index contributed by atoms with van der Waals surface area (Å²) >= 11 is 0. The Balaban J connectivity index is 2.04. The number of fused-ring (bicyclic) bond motifs is 1. The maximum atomic E-state index is 12.2. The van der Waals surface area contributed by atoms with Crippen LogP contribution >= 0.6 is 0 Å². The first-order valence-corrected chi connectivity index (χ1v) is 7.01. The standard InChI is InChI=1S/C12H10N4O2S/c17-19(18,9-4-2-1-3-5-9)16-12-10-6-7-13-11(10)14-8-15-12/h1-8H,(H2,13,14,15,16). The highest BCUT2D eigenvalue weighted by molar-refractivity contribution is 7.92. The third-order valence-corrected chi connectivity index (χ3v) is 3.99. The molecule has 2 heterocycles. The van der Waals surface area contributed by atoms with E-state index in [1.54, 1.807) is 30.5 Å². The van der Waals surface area contributed by atoms with Crippen LogP contribution in [0, 0.1) is 0 Å². The van der Waals surface area contributed by atoms with E-state index in [1.165, 1.54) is 18.5 Å². The van der Waals surface area contributed by atoms with Crippen molar-refractivity contribution in [1.29, 1.82) is 0 Å². The van der Waals surface area contributed by atoms with Crippen molar-refractivity contribution in [2.24, 2.45) is 0 Å². The van der Waals surface area contributed by atoms with Gasteiger partial charge in [-0.15, -0.1) is 0 Å². The van der Waals surface area contributed by atoms with Crippen LogP contribution < -0.4 is 4.72 Å². The summed E-state index contributed by atoms with van der Waals surface area (Å²) in [6.45, 7) is 0. The number of rotatable bonds is 3. The summed E-state index contributed by atoms with van der Waals surface area (Å²) in [5.41, 5.74) is 0.584. The van der Waals surface area contributed by atoms with Crippen molar-refractivity contribution in [1.82, 2.24) is 15.0 Å². The fourth-order valence-electron chi connectivity index (χ4n) is 1.74. The van der Waals surface area contributed by atoms with Gasteiger partial charge >= 0.3 is 0 Å². The van der Waals surface area contributed by atoms with Gasteiger partial charge in [-0.05, 0) is 18.2 Å². The van der Waals surface area contributed by atoms with Gasteiger partial charge in [0, 0.05) is 6.20 Å². The number of anilines is 1. The average Bonchev–Trinajstić information content (AvgIpc) is 2.89. The molecule has 2 aromatic heterocycles. The molecule has 0 spiro atoms. The molecule has 0 fully saturated rings. The molecule has 0 saturated heterocycles. The van der Waals surface area contributed by atoms with Crippen molar-refractivity contribution in [3.63, 3.8) is 0 Å². The first kappa shape index (κ1) is 11.7. The molecule has 7 heteroatoms. The molecule has 0 aliphatic carbocycles. The number of sulfonamides is 1. The summed E-state index contributed by atoms with van der Waals surface area (Å²) in [6, 6.07) is 9.86. The van der Waals surface area contributed by atoms with Gasteiger partial charge in [-0.1, -0.05) is 18.2 Å². The number of nitrogens with one attached hydrogen (secondary N) is 2. The first-order valence-electron chi connectivity index (χ1n) is 5.53. The van der Waals surface area contributed by atoms with Crippen LogP contribution in [-0.4, -0.2) is 23.4 Å². The quantitative estimate of drug-likeness (QED) is 0.761. The average molecular weight is 274 g/mol. The molecule has 19 heavy (non-hydrogen) atoms. The molecule has 6 nitrogen and oxygen atoms in total. The van der Waals surface area contributed by atoms with Crippen molar-refractivity contribution >= 4 is 26.9 Å². The SMILES string of the molecule is O=S(=O)(Nc1ncnc2[nH]ccc12)c1ccccc1. The summed E-state index contributed by atoms with van der Waals surface area (Å²) in [7, 11) is -3.64. The van der Waals surface area contributed by atoms with Crippen LogP contribution in [0.25, 0.3) is 11.0 Å². The van der Waals surface area contributed by atoms with Gasteiger partial charge in [-0.3, -0.25) is 4.72 Å². The molecule has 0 aliphatic rings. The smallest absolute Gasteiger partial charge is 0.263 e. The van der Waals surface area contributed by atoms with Crippen LogP contribution in [0.1, 0.15) is 0 Å². The molecule has 0 unspecified atom stereocenters. The van der Waals surface area contributed by atoms with E-state index in [9.17, 15) is 8.42 Å². The predicted molar refractivity (Wildman–Crippen MR) is 71.1 cm³/mol. The van der Waals surface area contributed by atoms with Gasteiger partial charge in [0.25, 0.3) is 10.0 Å². The van der Waals surface area contributed by atoms with E-state index in [0.29, 0.717) is 11.0 Å². The highest BCUT2D eigenvalue weighted by Crippen LogP contribution is 2.20. The van der Waals surface area contributed by atoms with Crippen molar-refractivity contribution in [2.45, 2.75) is 4.90 Å². The molecule has 0 amide bonds. The Morgan fingerprint density at radius 3 is 2.63 bits per heavy atom. The lowest BCUT2D eigenvalue weighted by Gasteiger charge is -2.07. The summed E-state index contributed by atoms with van der Waals surface area (Å²) < 4.78 is 26.8.